The number of aryl methyl sites for hydroxylation is 1. The van der Waals surface area contributed by atoms with Crippen LogP contribution in [0.25, 0.3) is 0 Å². The van der Waals surface area contributed by atoms with Crippen molar-refractivity contribution in [3.05, 3.63) is 42.6 Å². The smallest absolute Gasteiger partial charge is 0.251 e. The highest BCUT2D eigenvalue weighted by molar-refractivity contribution is 7.99. The van der Waals surface area contributed by atoms with Gasteiger partial charge in [-0.2, -0.15) is 11.8 Å². The van der Waals surface area contributed by atoms with Gasteiger partial charge in [0.25, 0.3) is 5.91 Å². The number of nitrogens with one attached hydrogen (secondary N) is 1. The third-order valence-electron chi connectivity index (χ3n) is 3.61. The highest BCUT2D eigenvalue weighted by atomic mass is 32.2. The van der Waals surface area contributed by atoms with E-state index in [0.29, 0.717) is 18.0 Å². The molecule has 7 heteroatoms. The van der Waals surface area contributed by atoms with Crippen molar-refractivity contribution in [1.82, 2.24) is 19.9 Å². The number of carbonyl (C=O) groups is 1. The van der Waals surface area contributed by atoms with Gasteiger partial charge in [-0.05, 0) is 24.7 Å². The number of hydrogen-bond donors (Lipinski definition) is 1. The van der Waals surface area contributed by atoms with Crippen molar-refractivity contribution in [2.45, 2.75) is 25.5 Å². The van der Waals surface area contributed by atoms with Gasteiger partial charge in [0.05, 0.1) is 6.33 Å². The lowest BCUT2D eigenvalue weighted by atomic mass is 10.2. The topological polar surface area (TPSA) is 69.0 Å². The monoisotopic (exact) mass is 332 g/mol. The molecule has 23 heavy (non-hydrogen) atoms. The average Bonchev–Trinajstić information content (AvgIpc) is 3.25. The van der Waals surface area contributed by atoms with Gasteiger partial charge in [-0.25, -0.2) is 9.97 Å². The summed E-state index contributed by atoms with van der Waals surface area (Å²) in [4.78, 5) is 20.4. The Morgan fingerprint density at radius 3 is 3.22 bits per heavy atom. The zero-order valence-corrected chi connectivity index (χ0v) is 13.7. The van der Waals surface area contributed by atoms with E-state index in [1.165, 1.54) is 0 Å². The average molecular weight is 332 g/mol. The molecule has 6 nitrogen and oxygen atoms in total. The molecule has 2 aromatic heterocycles. The Morgan fingerprint density at radius 1 is 1.48 bits per heavy atom. The van der Waals surface area contributed by atoms with Crippen molar-refractivity contribution in [2.75, 3.05) is 18.1 Å². The number of carbonyl (C=O) groups excluding carboxylic acids is 1. The summed E-state index contributed by atoms with van der Waals surface area (Å²) in [6, 6.07) is 3.43. The third kappa shape index (κ3) is 4.72. The van der Waals surface area contributed by atoms with Crippen molar-refractivity contribution in [3.63, 3.8) is 0 Å². The standard InChI is InChI=1S/C16H20N4O2S/c21-16(19-4-1-7-20-8-6-17-12-20)13-2-5-18-15(10-13)22-14-3-9-23-11-14/h2,5-6,8,10,12,14H,1,3-4,7,9,11H2,(H,19,21). The van der Waals surface area contributed by atoms with Gasteiger partial charge in [0.2, 0.25) is 5.88 Å². The molecule has 1 aliphatic heterocycles. The van der Waals surface area contributed by atoms with Gasteiger partial charge >= 0.3 is 0 Å². The van der Waals surface area contributed by atoms with Crippen molar-refractivity contribution >= 4 is 17.7 Å². The van der Waals surface area contributed by atoms with E-state index in [0.717, 1.165) is 30.9 Å². The number of aromatic nitrogens is 3. The first-order chi connectivity index (χ1) is 11.3. The van der Waals surface area contributed by atoms with Gasteiger partial charge < -0.3 is 14.6 Å². The molecule has 1 N–H and O–H groups in total. The number of hydrogen-bond acceptors (Lipinski definition) is 5. The van der Waals surface area contributed by atoms with Crippen molar-refractivity contribution in [2.24, 2.45) is 0 Å². The van der Waals surface area contributed by atoms with E-state index < -0.39 is 0 Å². The highest BCUT2D eigenvalue weighted by Gasteiger charge is 2.18. The molecule has 1 amide bonds. The number of rotatable bonds is 7. The maximum Gasteiger partial charge on any atom is 0.251 e. The predicted octanol–water partition coefficient (Wildman–Crippen LogP) is 1.98. The molecule has 1 aliphatic rings. The fraction of sp³-hybridized carbons (Fsp3) is 0.438. The zero-order valence-electron chi connectivity index (χ0n) is 12.9. The van der Waals surface area contributed by atoms with Gasteiger partial charge in [0.15, 0.2) is 0 Å². The molecule has 1 fully saturated rings. The third-order valence-corrected chi connectivity index (χ3v) is 4.74. The second-order valence-corrected chi connectivity index (χ2v) is 6.55. The van der Waals surface area contributed by atoms with Crippen LogP contribution in [0.5, 0.6) is 5.88 Å². The van der Waals surface area contributed by atoms with E-state index in [9.17, 15) is 4.79 Å². The summed E-state index contributed by atoms with van der Waals surface area (Å²) >= 11 is 1.89. The molecule has 3 rings (SSSR count). The molecular formula is C16H20N4O2S. The van der Waals surface area contributed by atoms with Crippen molar-refractivity contribution in [1.29, 1.82) is 0 Å². The van der Waals surface area contributed by atoms with Crippen LogP contribution in [0.2, 0.25) is 0 Å². The molecular weight excluding hydrogens is 312 g/mol. The summed E-state index contributed by atoms with van der Waals surface area (Å²) in [6.45, 7) is 1.46. The minimum atomic E-state index is -0.0938. The summed E-state index contributed by atoms with van der Waals surface area (Å²) in [5, 5.41) is 2.92. The van der Waals surface area contributed by atoms with E-state index in [-0.39, 0.29) is 12.0 Å². The number of ether oxygens (including phenoxy) is 1. The molecule has 1 saturated heterocycles. The predicted molar refractivity (Wildman–Crippen MR) is 89.8 cm³/mol. The van der Waals surface area contributed by atoms with Crippen LogP contribution in [0, 0.1) is 0 Å². The van der Waals surface area contributed by atoms with Crippen LogP contribution in [-0.2, 0) is 6.54 Å². The van der Waals surface area contributed by atoms with Gasteiger partial charge in [-0.15, -0.1) is 0 Å². The van der Waals surface area contributed by atoms with E-state index in [1.807, 2.05) is 22.5 Å². The first-order valence-electron chi connectivity index (χ1n) is 7.75. The normalized spacial score (nSPS) is 17.1. The summed E-state index contributed by atoms with van der Waals surface area (Å²) in [5.74, 6) is 2.56. The van der Waals surface area contributed by atoms with Crippen LogP contribution in [0.1, 0.15) is 23.2 Å². The fourth-order valence-electron chi connectivity index (χ4n) is 2.38. The number of thioether (sulfide) groups is 1. The summed E-state index contributed by atoms with van der Waals surface area (Å²) in [5.41, 5.74) is 0.586. The molecule has 0 spiro atoms. The lowest BCUT2D eigenvalue weighted by Gasteiger charge is -2.12. The Balaban J connectivity index is 1.46. The van der Waals surface area contributed by atoms with Gasteiger partial charge in [0, 0.05) is 49.1 Å². The minimum Gasteiger partial charge on any atom is -0.473 e. The number of nitrogens with zero attached hydrogens (tertiary/aromatic N) is 3. The molecule has 2 aromatic rings. The second kappa shape index (κ2) is 8.01. The SMILES string of the molecule is O=C(NCCCn1ccnc1)c1ccnc(OC2CCSC2)c1. The molecule has 1 unspecified atom stereocenters. The maximum atomic E-state index is 12.2. The van der Waals surface area contributed by atoms with Gasteiger partial charge in [-0.1, -0.05) is 0 Å². The number of pyridine rings is 1. The summed E-state index contributed by atoms with van der Waals surface area (Å²) in [6.07, 6.45) is 9.16. The minimum absolute atomic E-state index is 0.0938. The fourth-order valence-corrected chi connectivity index (χ4v) is 3.47. The first-order valence-corrected chi connectivity index (χ1v) is 8.91. The van der Waals surface area contributed by atoms with Crippen molar-refractivity contribution < 1.29 is 9.53 Å². The first kappa shape index (κ1) is 15.9. The molecule has 0 saturated carbocycles. The summed E-state index contributed by atoms with van der Waals surface area (Å²) in [7, 11) is 0. The van der Waals surface area contributed by atoms with Crippen LogP contribution in [0.15, 0.2) is 37.1 Å². The van der Waals surface area contributed by atoms with Crippen LogP contribution >= 0.6 is 11.8 Å². The molecule has 3 heterocycles. The molecule has 0 bridgehead atoms. The van der Waals surface area contributed by atoms with Crippen molar-refractivity contribution in [3.8, 4) is 5.88 Å². The van der Waals surface area contributed by atoms with E-state index in [1.54, 1.807) is 30.9 Å². The Bertz CT molecular complexity index is 627. The molecule has 0 aromatic carbocycles. The highest BCUT2D eigenvalue weighted by Crippen LogP contribution is 2.22. The quantitative estimate of drug-likeness (QED) is 0.785. The molecule has 122 valence electrons. The van der Waals surface area contributed by atoms with Gasteiger partial charge in [0.1, 0.15) is 6.10 Å². The lowest BCUT2D eigenvalue weighted by molar-refractivity contribution is 0.0951. The van der Waals surface area contributed by atoms with Crippen LogP contribution in [0.3, 0.4) is 0 Å². The number of amides is 1. The molecule has 1 atom stereocenters. The number of imidazole rings is 1. The van der Waals surface area contributed by atoms with E-state index >= 15 is 0 Å². The van der Waals surface area contributed by atoms with Crippen LogP contribution < -0.4 is 10.1 Å². The lowest BCUT2D eigenvalue weighted by Crippen LogP contribution is -2.25. The van der Waals surface area contributed by atoms with Gasteiger partial charge in [-0.3, -0.25) is 4.79 Å². The zero-order chi connectivity index (χ0) is 15.9. The van der Waals surface area contributed by atoms with E-state index in [2.05, 4.69) is 15.3 Å². The largest absolute Gasteiger partial charge is 0.473 e. The van der Waals surface area contributed by atoms with E-state index in [4.69, 9.17) is 4.74 Å². The molecule has 0 radical (unpaired) electrons. The Hall–Kier alpha value is -2.02. The Kier molecular flexibility index (Phi) is 5.52. The van der Waals surface area contributed by atoms with Crippen LogP contribution in [-0.4, -0.2) is 44.6 Å². The molecule has 0 aliphatic carbocycles. The summed E-state index contributed by atoms with van der Waals surface area (Å²) < 4.78 is 7.81. The maximum absolute atomic E-state index is 12.2. The Morgan fingerprint density at radius 2 is 2.43 bits per heavy atom. The Labute approximate surface area is 139 Å². The second-order valence-electron chi connectivity index (χ2n) is 5.40. The van der Waals surface area contributed by atoms with Crippen LogP contribution in [0.4, 0.5) is 0 Å².